The summed E-state index contributed by atoms with van der Waals surface area (Å²) < 4.78 is 14.4. The van der Waals surface area contributed by atoms with E-state index in [0.29, 0.717) is 42.5 Å². The van der Waals surface area contributed by atoms with Crippen molar-refractivity contribution in [3.63, 3.8) is 0 Å². The van der Waals surface area contributed by atoms with E-state index in [4.69, 9.17) is 11.6 Å². The van der Waals surface area contributed by atoms with Gasteiger partial charge < -0.3 is 26.0 Å². The van der Waals surface area contributed by atoms with Gasteiger partial charge in [0.2, 0.25) is 11.9 Å². The number of nitrogens with one attached hydrogen (secondary N) is 3. The number of rotatable bonds is 10. The molecule has 1 aromatic heterocycles. The Bertz CT molecular complexity index is 1220. The van der Waals surface area contributed by atoms with Crippen molar-refractivity contribution < 1.29 is 19.1 Å². The second kappa shape index (κ2) is 11.8. The largest absolute Gasteiger partial charge is 0.508 e. The Morgan fingerprint density at radius 1 is 1.20 bits per heavy atom. The summed E-state index contributed by atoms with van der Waals surface area (Å²) in [5.74, 6) is -0.560. The van der Waals surface area contributed by atoms with Crippen molar-refractivity contribution in [1.82, 2.24) is 15.3 Å². The maximum Gasteiger partial charge on any atom is 0.251 e. The lowest BCUT2D eigenvalue weighted by molar-refractivity contribution is -0.113. The topological polar surface area (TPSA) is 119 Å². The van der Waals surface area contributed by atoms with E-state index in [1.165, 1.54) is 31.3 Å². The van der Waals surface area contributed by atoms with Crippen LogP contribution in [0.2, 0.25) is 5.02 Å². The van der Waals surface area contributed by atoms with E-state index >= 15 is 0 Å². The molecule has 0 saturated heterocycles. The normalized spacial score (nSPS) is 10.4. The number of aromatic nitrogens is 2. The Morgan fingerprint density at radius 2 is 1.94 bits per heavy atom. The van der Waals surface area contributed by atoms with Gasteiger partial charge in [0.25, 0.3) is 5.91 Å². The number of halogens is 2. The molecule has 0 aliphatic heterocycles. The molecule has 0 unspecified atom stereocenters. The fourth-order valence-corrected chi connectivity index (χ4v) is 3.23. The molecule has 4 N–H and O–H groups in total. The Morgan fingerprint density at radius 3 is 2.66 bits per heavy atom. The first-order valence-electron chi connectivity index (χ1n) is 10.6. The number of phenols is 1. The van der Waals surface area contributed by atoms with Crippen molar-refractivity contribution in [2.75, 3.05) is 35.7 Å². The van der Waals surface area contributed by atoms with Crippen molar-refractivity contribution in [3.8, 4) is 5.75 Å². The Balaban J connectivity index is 1.55. The van der Waals surface area contributed by atoms with Crippen molar-refractivity contribution in [2.45, 2.75) is 6.42 Å². The summed E-state index contributed by atoms with van der Waals surface area (Å²) in [5, 5.41) is 18.0. The average molecular weight is 499 g/mol. The molecule has 0 radical (unpaired) electrons. The molecule has 2 aromatic carbocycles. The highest BCUT2D eigenvalue weighted by atomic mass is 35.5. The van der Waals surface area contributed by atoms with Crippen LogP contribution in [0.4, 0.5) is 27.5 Å². The summed E-state index contributed by atoms with van der Waals surface area (Å²) >= 11 is 6.01. The summed E-state index contributed by atoms with van der Waals surface area (Å²) in [7, 11) is 1.42. The molecule has 0 fully saturated rings. The zero-order chi connectivity index (χ0) is 25.4. The monoisotopic (exact) mass is 498 g/mol. The Labute approximate surface area is 206 Å². The number of hydrogen-bond acceptors (Lipinski definition) is 7. The molecule has 182 valence electrons. The second-order valence-corrected chi connectivity index (χ2v) is 7.77. The molecule has 0 spiro atoms. The molecule has 0 aliphatic rings. The number of carbonyl (C=O) groups is 2. The summed E-state index contributed by atoms with van der Waals surface area (Å²) in [5.41, 5.74) is 0.880. The molecule has 11 heteroatoms. The molecule has 1 heterocycles. The van der Waals surface area contributed by atoms with E-state index in [1.807, 2.05) is 0 Å². The fourth-order valence-electron chi connectivity index (χ4n) is 3.01. The van der Waals surface area contributed by atoms with Crippen LogP contribution in [0.1, 0.15) is 16.8 Å². The highest BCUT2D eigenvalue weighted by molar-refractivity contribution is 6.31. The quantitative estimate of drug-likeness (QED) is 0.245. The van der Waals surface area contributed by atoms with Gasteiger partial charge in [-0.15, -0.1) is 0 Å². The highest BCUT2D eigenvalue weighted by Gasteiger charge is 2.17. The molecule has 35 heavy (non-hydrogen) atoms. The van der Waals surface area contributed by atoms with Crippen molar-refractivity contribution in [2.24, 2.45) is 0 Å². The molecule has 9 nitrogen and oxygen atoms in total. The minimum absolute atomic E-state index is 0.00773. The number of anilines is 4. The predicted molar refractivity (Wildman–Crippen MR) is 134 cm³/mol. The molecule has 0 atom stereocenters. The number of benzene rings is 2. The maximum absolute atomic E-state index is 14.4. The summed E-state index contributed by atoms with van der Waals surface area (Å²) in [6.07, 6.45) is 3.24. The number of amides is 2. The lowest BCUT2D eigenvalue weighted by Gasteiger charge is -2.18. The minimum atomic E-state index is -0.725. The van der Waals surface area contributed by atoms with E-state index in [1.54, 1.807) is 24.4 Å². The van der Waals surface area contributed by atoms with Gasteiger partial charge in [-0.3, -0.25) is 9.59 Å². The molecule has 3 rings (SSSR count). The zero-order valence-electron chi connectivity index (χ0n) is 18.9. The van der Waals surface area contributed by atoms with Crippen LogP contribution >= 0.6 is 11.6 Å². The van der Waals surface area contributed by atoms with Crippen LogP contribution in [0, 0.1) is 5.82 Å². The van der Waals surface area contributed by atoms with E-state index in [2.05, 4.69) is 32.5 Å². The number of hydrogen-bond donors (Lipinski definition) is 4. The molecule has 3 aromatic rings. The SMILES string of the molecule is C=CC(=O)N(C)c1cc(Nc2ccnc(NCCCNC(=O)c3ccc(O)cc3)n2)cc(Cl)c1F. The van der Waals surface area contributed by atoms with E-state index in [0.717, 1.165) is 11.0 Å². The summed E-state index contributed by atoms with van der Waals surface area (Å²) in [6.45, 7) is 4.33. The Kier molecular flexibility index (Phi) is 8.58. The van der Waals surface area contributed by atoms with Gasteiger partial charge in [-0.25, -0.2) is 9.37 Å². The third-order valence-corrected chi connectivity index (χ3v) is 5.13. The van der Waals surface area contributed by atoms with Crippen LogP contribution in [-0.4, -0.2) is 47.0 Å². The van der Waals surface area contributed by atoms with Crippen LogP contribution in [0.5, 0.6) is 5.75 Å². The van der Waals surface area contributed by atoms with E-state index < -0.39 is 11.7 Å². The number of carbonyl (C=O) groups excluding carboxylic acids is 2. The van der Waals surface area contributed by atoms with Gasteiger partial charge in [0.15, 0.2) is 5.82 Å². The van der Waals surface area contributed by atoms with Crippen LogP contribution < -0.4 is 20.9 Å². The lowest BCUT2D eigenvalue weighted by atomic mass is 10.2. The zero-order valence-corrected chi connectivity index (χ0v) is 19.6. The van der Waals surface area contributed by atoms with E-state index in [9.17, 15) is 19.1 Å². The van der Waals surface area contributed by atoms with E-state index in [-0.39, 0.29) is 22.4 Å². The van der Waals surface area contributed by atoms with Gasteiger partial charge in [-0.1, -0.05) is 18.2 Å². The third-order valence-electron chi connectivity index (χ3n) is 4.86. The summed E-state index contributed by atoms with van der Waals surface area (Å²) in [6, 6.07) is 10.4. The smallest absolute Gasteiger partial charge is 0.251 e. The molecular formula is C24H24ClFN6O3. The van der Waals surface area contributed by atoms with Gasteiger partial charge in [-0.05, 0) is 55.0 Å². The van der Waals surface area contributed by atoms with Gasteiger partial charge in [-0.2, -0.15) is 4.98 Å². The first kappa shape index (κ1) is 25.4. The average Bonchev–Trinajstić information content (AvgIpc) is 2.85. The molecule has 0 aliphatic carbocycles. The molecule has 2 amide bonds. The maximum atomic E-state index is 14.4. The Hall–Kier alpha value is -4.18. The standard InChI is InChI=1S/C24H24ClFN6O3/c1-3-21(34)32(2)19-14-16(13-18(25)22(19)26)30-20-9-12-29-24(31-20)28-11-4-10-27-23(35)15-5-7-17(33)8-6-15/h3,5-9,12-14,33H,1,4,10-11H2,2H3,(H,27,35)(H2,28,29,30,31). The minimum Gasteiger partial charge on any atom is -0.508 e. The van der Waals surface area contributed by atoms with Crippen LogP contribution in [-0.2, 0) is 4.79 Å². The highest BCUT2D eigenvalue weighted by Crippen LogP contribution is 2.31. The van der Waals surface area contributed by atoms with Gasteiger partial charge in [0.1, 0.15) is 11.6 Å². The number of likely N-dealkylation sites (N-methyl/N-ethyl adjacent to an activating group) is 1. The van der Waals surface area contributed by atoms with Gasteiger partial charge >= 0.3 is 0 Å². The first-order chi connectivity index (χ1) is 16.8. The van der Waals surface area contributed by atoms with Crippen molar-refractivity contribution >= 4 is 46.6 Å². The number of nitrogens with zero attached hydrogens (tertiary/aromatic N) is 3. The fraction of sp³-hybridized carbons (Fsp3) is 0.167. The first-order valence-corrected chi connectivity index (χ1v) is 11.0. The van der Waals surface area contributed by atoms with Crippen LogP contribution in [0.15, 0.2) is 61.3 Å². The van der Waals surface area contributed by atoms with Gasteiger partial charge in [0, 0.05) is 37.6 Å². The molecular weight excluding hydrogens is 475 g/mol. The molecule has 0 saturated carbocycles. The predicted octanol–water partition coefficient (Wildman–Crippen LogP) is 4.10. The second-order valence-electron chi connectivity index (χ2n) is 7.37. The van der Waals surface area contributed by atoms with Gasteiger partial charge in [0.05, 0.1) is 10.7 Å². The number of aromatic hydroxyl groups is 1. The lowest BCUT2D eigenvalue weighted by Crippen LogP contribution is -2.25. The third kappa shape index (κ3) is 6.90. The van der Waals surface area contributed by atoms with Crippen molar-refractivity contribution in [1.29, 1.82) is 0 Å². The molecule has 0 bridgehead atoms. The van der Waals surface area contributed by atoms with Crippen molar-refractivity contribution in [3.05, 3.63) is 77.7 Å². The summed E-state index contributed by atoms with van der Waals surface area (Å²) in [4.78, 5) is 33.6. The van der Waals surface area contributed by atoms with Crippen LogP contribution in [0.25, 0.3) is 0 Å². The van der Waals surface area contributed by atoms with Crippen LogP contribution in [0.3, 0.4) is 0 Å². The number of phenolic OH excluding ortho intramolecular Hbond substituents is 1.